The largest absolute Gasteiger partial charge is 0.329 e. The van der Waals surface area contributed by atoms with Crippen molar-refractivity contribution in [2.75, 3.05) is 39.0 Å². The minimum absolute atomic E-state index is 0. The maximum Gasteiger partial charge on any atom is 0.211 e. The average molecular weight is 340 g/mol. The van der Waals surface area contributed by atoms with Gasteiger partial charge >= 0.3 is 0 Å². The summed E-state index contributed by atoms with van der Waals surface area (Å²) in [5.74, 6) is 1.11. The molecule has 5 nitrogen and oxygen atoms in total. The van der Waals surface area contributed by atoms with Crippen LogP contribution in [0.4, 0.5) is 0 Å². The normalized spacial score (nSPS) is 32.6. The predicted molar refractivity (Wildman–Crippen MR) is 89.2 cm³/mol. The van der Waals surface area contributed by atoms with Gasteiger partial charge in [0.1, 0.15) is 0 Å². The lowest BCUT2D eigenvalue weighted by atomic mass is 9.89. The molecular weight excluding hydrogens is 310 g/mol. The van der Waals surface area contributed by atoms with Crippen molar-refractivity contribution in [3.05, 3.63) is 0 Å². The van der Waals surface area contributed by atoms with Crippen molar-refractivity contribution in [1.82, 2.24) is 9.21 Å². The zero-order chi connectivity index (χ0) is 14.8. The molecule has 0 aromatic rings. The Morgan fingerprint density at radius 2 is 1.86 bits per heavy atom. The molecule has 0 aliphatic carbocycles. The first kappa shape index (κ1) is 19.2. The maximum absolute atomic E-state index is 11.7. The number of hydrogen-bond donors (Lipinski definition) is 1. The van der Waals surface area contributed by atoms with Crippen LogP contribution in [0.25, 0.3) is 0 Å². The number of likely N-dealkylation sites (tertiary alicyclic amines) is 1. The molecule has 0 spiro atoms. The molecule has 21 heavy (non-hydrogen) atoms. The van der Waals surface area contributed by atoms with Crippen LogP contribution in [0, 0.1) is 11.8 Å². The van der Waals surface area contributed by atoms with Crippen molar-refractivity contribution in [3.63, 3.8) is 0 Å². The van der Waals surface area contributed by atoms with Crippen molar-refractivity contribution < 1.29 is 8.42 Å². The molecule has 2 saturated heterocycles. The van der Waals surface area contributed by atoms with E-state index in [9.17, 15) is 8.42 Å². The minimum atomic E-state index is -3.04. The summed E-state index contributed by atoms with van der Waals surface area (Å²) in [5, 5.41) is 0. The Hall–Kier alpha value is 0.120. The third-order valence-electron chi connectivity index (χ3n) is 4.92. The van der Waals surface area contributed by atoms with Crippen LogP contribution in [0.2, 0.25) is 0 Å². The number of hydrogen-bond acceptors (Lipinski definition) is 4. The van der Waals surface area contributed by atoms with Gasteiger partial charge in [0.15, 0.2) is 0 Å². The van der Waals surface area contributed by atoms with Gasteiger partial charge in [-0.15, -0.1) is 12.4 Å². The molecule has 0 saturated carbocycles. The maximum atomic E-state index is 11.7. The molecule has 2 aliphatic rings. The first-order chi connectivity index (χ1) is 9.41. The highest BCUT2D eigenvalue weighted by Gasteiger charge is 2.32. The summed E-state index contributed by atoms with van der Waals surface area (Å²) in [5.41, 5.74) is 5.94. The fourth-order valence-electron chi connectivity index (χ4n) is 3.75. The van der Waals surface area contributed by atoms with Gasteiger partial charge in [-0.3, -0.25) is 4.90 Å². The highest BCUT2D eigenvalue weighted by Crippen LogP contribution is 2.26. The second-order valence-electron chi connectivity index (χ2n) is 6.55. The summed E-state index contributed by atoms with van der Waals surface area (Å²) >= 11 is 0. The van der Waals surface area contributed by atoms with E-state index in [-0.39, 0.29) is 12.4 Å². The van der Waals surface area contributed by atoms with Crippen molar-refractivity contribution in [2.24, 2.45) is 17.6 Å². The molecule has 0 aromatic carbocycles. The molecule has 0 bridgehead atoms. The minimum Gasteiger partial charge on any atom is -0.329 e. The number of halogens is 1. The average Bonchev–Trinajstić information content (AvgIpc) is 2.38. The monoisotopic (exact) mass is 339 g/mol. The van der Waals surface area contributed by atoms with Crippen LogP contribution in [-0.2, 0) is 10.0 Å². The third-order valence-corrected chi connectivity index (χ3v) is 6.19. The van der Waals surface area contributed by atoms with E-state index in [0.717, 1.165) is 25.9 Å². The molecule has 2 fully saturated rings. The summed E-state index contributed by atoms with van der Waals surface area (Å²) in [6, 6.07) is 0.470. The molecule has 2 rings (SSSR count). The quantitative estimate of drug-likeness (QED) is 0.834. The number of piperidine rings is 2. The van der Waals surface area contributed by atoms with Crippen molar-refractivity contribution >= 4 is 22.4 Å². The number of sulfonamides is 1. The first-order valence-electron chi connectivity index (χ1n) is 7.81. The van der Waals surface area contributed by atoms with Crippen LogP contribution in [0.3, 0.4) is 0 Å². The Morgan fingerprint density at radius 3 is 2.48 bits per heavy atom. The Bertz CT molecular complexity index is 418. The second kappa shape index (κ2) is 8.11. The molecule has 126 valence electrons. The van der Waals surface area contributed by atoms with Gasteiger partial charge in [-0.25, -0.2) is 12.7 Å². The molecule has 7 heteroatoms. The van der Waals surface area contributed by atoms with Crippen molar-refractivity contribution in [2.45, 2.75) is 38.6 Å². The summed E-state index contributed by atoms with van der Waals surface area (Å²) in [7, 11) is -3.04. The third kappa shape index (κ3) is 5.06. The predicted octanol–water partition coefficient (Wildman–Crippen LogP) is 1.14. The van der Waals surface area contributed by atoms with E-state index in [1.165, 1.54) is 19.1 Å². The number of nitrogens with two attached hydrogens (primary N) is 1. The summed E-state index contributed by atoms with van der Waals surface area (Å²) in [4.78, 5) is 2.50. The van der Waals surface area contributed by atoms with Gasteiger partial charge in [0.05, 0.1) is 6.26 Å². The molecular formula is C14H30ClN3O2S. The number of nitrogens with zero attached hydrogens (tertiary/aromatic N) is 2. The lowest BCUT2D eigenvalue weighted by Crippen LogP contribution is -2.52. The van der Waals surface area contributed by atoms with E-state index in [4.69, 9.17) is 5.73 Å². The molecule has 2 heterocycles. The fourth-order valence-corrected chi connectivity index (χ4v) is 4.69. The smallest absolute Gasteiger partial charge is 0.211 e. The zero-order valence-corrected chi connectivity index (χ0v) is 14.8. The van der Waals surface area contributed by atoms with E-state index in [2.05, 4.69) is 11.8 Å². The summed E-state index contributed by atoms with van der Waals surface area (Å²) < 4.78 is 25.0. The van der Waals surface area contributed by atoms with Crippen molar-refractivity contribution in [1.29, 1.82) is 0 Å². The Morgan fingerprint density at radius 1 is 1.19 bits per heavy atom. The van der Waals surface area contributed by atoms with E-state index >= 15 is 0 Å². The van der Waals surface area contributed by atoms with Gasteiger partial charge in [0, 0.05) is 32.2 Å². The van der Waals surface area contributed by atoms with Gasteiger partial charge in [0.25, 0.3) is 0 Å². The van der Waals surface area contributed by atoms with E-state index < -0.39 is 10.0 Å². The second-order valence-corrected chi connectivity index (χ2v) is 8.53. The standard InChI is InChI=1S/C14H29N3O2S.ClH/c1-12-5-3-7-16(14(12)9-15)10-13-6-4-8-17(11-13)20(2,18)19;/h12-14H,3-11,15H2,1-2H3;1H. The van der Waals surface area contributed by atoms with Crippen LogP contribution >= 0.6 is 12.4 Å². The van der Waals surface area contributed by atoms with Crippen LogP contribution < -0.4 is 5.73 Å². The van der Waals surface area contributed by atoms with Crippen LogP contribution in [0.1, 0.15) is 32.6 Å². The zero-order valence-electron chi connectivity index (χ0n) is 13.2. The Labute approximate surface area is 135 Å². The van der Waals surface area contributed by atoms with Crippen molar-refractivity contribution in [3.8, 4) is 0 Å². The molecule has 2 N–H and O–H groups in total. The molecule has 2 aliphatic heterocycles. The first-order valence-corrected chi connectivity index (χ1v) is 9.66. The lowest BCUT2D eigenvalue weighted by molar-refractivity contribution is 0.0762. The summed E-state index contributed by atoms with van der Waals surface area (Å²) in [6.07, 6.45) is 5.93. The SMILES string of the molecule is CC1CCCN(CC2CCCN(S(C)(=O)=O)C2)C1CN.Cl. The van der Waals surface area contributed by atoms with E-state index in [1.54, 1.807) is 4.31 Å². The molecule has 0 aromatic heterocycles. The molecule has 3 unspecified atom stereocenters. The molecule has 0 amide bonds. The van der Waals surface area contributed by atoms with Crippen LogP contribution in [0.5, 0.6) is 0 Å². The highest BCUT2D eigenvalue weighted by atomic mass is 35.5. The van der Waals surface area contributed by atoms with Gasteiger partial charge in [-0.2, -0.15) is 0 Å². The van der Waals surface area contributed by atoms with Gasteiger partial charge in [-0.05, 0) is 44.1 Å². The van der Waals surface area contributed by atoms with Crippen LogP contribution in [0.15, 0.2) is 0 Å². The van der Waals surface area contributed by atoms with Gasteiger partial charge in [0.2, 0.25) is 10.0 Å². The topological polar surface area (TPSA) is 66.6 Å². The molecule has 0 radical (unpaired) electrons. The van der Waals surface area contributed by atoms with Gasteiger partial charge in [-0.1, -0.05) is 6.92 Å². The fraction of sp³-hybridized carbons (Fsp3) is 1.00. The lowest BCUT2D eigenvalue weighted by Gasteiger charge is -2.42. The van der Waals surface area contributed by atoms with Crippen LogP contribution in [-0.4, -0.2) is 62.6 Å². The summed E-state index contributed by atoms with van der Waals surface area (Å²) in [6.45, 7) is 6.48. The van der Waals surface area contributed by atoms with E-state index in [0.29, 0.717) is 37.5 Å². The van der Waals surface area contributed by atoms with E-state index in [1.807, 2.05) is 0 Å². The highest BCUT2D eigenvalue weighted by molar-refractivity contribution is 7.88. The number of rotatable bonds is 4. The molecule has 3 atom stereocenters. The van der Waals surface area contributed by atoms with Gasteiger partial charge < -0.3 is 5.73 Å². The Kier molecular flexibility index (Phi) is 7.40. The Balaban J connectivity index is 0.00000220.